The Labute approximate surface area is 130 Å². The molecule has 1 aromatic carbocycles. The Morgan fingerprint density at radius 2 is 1.80 bits per heavy atom. The highest BCUT2D eigenvalue weighted by Gasteiger charge is 2.10. The Morgan fingerprint density at radius 1 is 1.20 bits per heavy atom. The van der Waals surface area contributed by atoms with E-state index in [1.54, 1.807) is 14.2 Å². The fourth-order valence-electron chi connectivity index (χ4n) is 1.87. The van der Waals surface area contributed by atoms with Gasteiger partial charge in [-0.05, 0) is 51.7 Å². The first-order valence-electron chi connectivity index (χ1n) is 6.76. The number of halogens is 1. The summed E-state index contributed by atoms with van der Waals surface area (Å²) in [5.74, 6) is 1.50. The van der Waals surface area contributed by atoms with Gasteiger partial charge in [-0.15, -0.1) is 0 Å². The highest BCUT2D eigenvalue weighted by Crippen LogP contribution is 2.33. The normalized spacial score (nSPS) is 12.6. The Morgan fingerprint density at radius 3 is 2.35 bits per heavy atom. The quantitative estimate of drug-likeness (QED) is 0.786. The van der Waals surface area contributed by atoms with E-state index in [9.17, 15) is 0 Å². The number of rotatable bonds is 8. The summed E-state index contributed by atoms with van der Waals surface area (Å²) in [4.78, 5) is 2.20. The van der Waals surface area contributed by atoms with Crippen molar-refractivity contribution in [3.63, 3.8) is 0 Å². The monoisotopic (exact) mass is 344 g/mol. The van der Waals surface area contributed by atoms with Gasteiger partial charge in [-0.2, -0.15) is 0 Å². The number of ether oxygens (including phenoxy) is 2. The second-order valence-corrected chi connectivity index (χ2v) is 6.03. The topological polar surface area (TPSA) is 33.7 Å². The van der Waals surface area contributed by atoms with Crippen LogP contribution in [-0.2, 0) is 6.54 Å². The molecule has 4 nitrogen and oxygen atoms in total. The third kappa shape index (κ3) is 5.31. The van der Waals surface area contributed by atoms with Crippen LogP contribution in [0.1, 0.15) is 18.9 Å². The maximum absolute atomic E-state index is 5.34. The van der Waals surface area contributed by atoms with Crippen molar-refractivity contribution < 1.29 is 9.47 Å². The van der Waals surface area contributed by atoms with E-state index in [0.29, 0.717) is 6.04 Å². The van der Waals surface area contributed by atoms with Gasteiger partial charge in [0.25, 0.3) is 0 Å². The lowest BCUT2D eigenvalue weighted by Gasteiger charge is -2.18. The minimum atomic E-state index is 0.470. The molecule has 1 atom stereocenters. The summed E-state index contributed by atoms with van der Waals surface area (Å²) < 4.78 is 11.6. The van der Waals surface area contributed by atoms with Gasteiger partial charge in [0.2, 0.25) is 0 Å². The molecule has 0 amide bonds. The number of methoxy groups -OCH3 is 2. The number of hydrogen-bond acceptors (Lipinski definition) is 4. The summed E-state index contributed by atoms with van der Waals surface area (Å²) in [5, 5.41) is 3.53. The predicted molar refractivity (Wildman–Crippen MR) is 86.7 cm³/mol. The smallest absolute Gasteiger partial charge is 0.161 e. The van der Waals surface area contributed by atoms with Crippen LogP contribution in [0.5, 0.6) is 11.5 Å². The molecule has 0 spiro atoms. The zero-order valence-corrected chi connectivity index (χ0v) is 14.6. The molecule has 1 aromatic rings. The number of nitrogens with zero attached hydrogens (tertiary/aromatic N) is 1. The van der Waals surface area contributed by atoms with E-state index in [0.717, 1.165) is 35.5 Å². The molecule has 0 aliphatic heterocycles. The van der Waals surface area contributed by atoms with Gasteiger partial charge < -0.3 is 19.7 Å². The SMILES string of the molecule is COc1cc(Br)c(CNC(C)CCN(C)C)cc1OC. The minimum Gasteiger partial charge on any atom is -0.493 e. The maximum Gasteiger partial charge on any atom is 0.161 e. The van der Waals surface area contributed by atoms with Gasteiger partial charge in [-0.25, -0.2) is 0 Å². The summed E-state index contributed by atoms with van der Waals surface area (Å²) in [5.41, 5.74) is 1.17. The molecular formula is C15H25BrN2O2. The van der Waals surface area contributed by atoms with Crippen LogP contribution in [0.15, 0.2) is 16.6 Å². The fraction of sp³-hybridized carbons (Fsp3) is 0.600. The zero-order chi connectivity index (χ0) is 15.1. The van der Waals surface area contributed by atoms with E-state index in [-0.39, 0.29) is 0 Å². The molecule has 1 rings (SSSR count). The fourth-order valence-corrected chi connectivity index (χ4v) is 2.33. The summed E-state index contributed by atoms with van der Waals surface area (Å²) in [6, 6.07) is 4.42. The summed E-state index contributed by atoms with van der Waals surface area (Å²) in [7, 11) is 7.49. The minimum absolute atomic E-state index is 0.470. The lowest BCUT2D eigenvalue weighted by atomic mass is 10.1. The van der Waals surface area contributed by atoms with Crippen molar-refractivity contribution in [3.8, 4) is 11.5 Å². The number of benzene rings is 1. The van der Waals surface area contributed by atoms with Gasteiger partial charge in [-0.1, -0.05) is 15.9 Å². The Hall–Kier alpha value is -0.780. The molecule has 0 radical (unpaired) electrons. The van der Waals surface area contributed by atoms with Gasteiger partial charge >= 0.3 is 0 Å². The number of hydrogen-bond donors (Lipinski definition) is 1. The molecule has 0 saturated carbocycles. The third-order valence-electron chi connectivity index (χ3n) is 3.20. The maximum atomic E-state index is 5.34. The molecular weight excluding hydrogens is 320 g/mol. The van der Waals surface area contributed by atoms with Crippen LogP contribution in [0.2, 0.25) is 0 Å². The summed E-state index contributed by atoms with van der Waals surface area (Å²) in [6.45, 7) is 4.09. The van der Waals surface area contributed by atoms with Crippen LogP contribution < -0.4 is 14.8 Å². The molecule has 0 aliphatic carbocycles. The van der Waals surface area contributed by atoms with Crippen LogP contribution in [0.25, 0.3) is 0 Å². The standard InChI is InChI=1S/C15H25BrN2O2/c1-11(6-7-18(2)3)17-10-12-8-14(19-4)15(20-5)9-13(12)16/h8-9,11,17H,6-7,10H2,1-5H3. The molecule has 1 unspecified atom stereocenters. The largest absolute Gasteiger partial charge is 0.493 e. The van der Waals surface area contributed by atoms with Crippen molar-refractivity contribution in [1.82, 2.24) is 10.2 Å². The zero-order valence-electron chi connectivity index (χ0n) is 13.0. The second-order valence-electron chi connectivity index (χ2n) is 5.17. The van der Waals surface area contributed by atoms with Crippen LogP contribution in [0.3, 0.4) is 0 Å². The summed E-state index contributed by atoms with van der Waals surface area (Å²) in [6.07, 6.45) is 1.12. The van der Waals surface area contributed by atoms with Crippen molar-refractivity contribution in [2.45, 2.75) is 25.9 Å². The van der Waals surface area contributed by atoms with E-state index in [1.807, 2.05) is 12.1 Å². The molecule has 20 heavy (non-hydrogen) atoms. The van der Waals surface area contributed by atoms with Gasteiger partial charge in [0.15, 0.2) is 11.5 Å². The highest BCUT2D eigenvalue weighted by atomic mass is 79.9. The van der Waals surface area contributed by atoms with E-state index in [2.05, 4.69) is 47.2 Å². The Kier molecular flexibility index (Phi) is 7.34. The molecule has 1 N–H and O–H groups in total. The molecule has 0 aliphatic rings. The lowest BCUT2D eigenvalue weighted by Crippen LogP contribution is -2.29. The van der Waals surface area contributed by atoms with Crippen LogP contribution >= 0.6 is 15.9 Å². The molecule has 0 saturated heterocycles. The average Bonchev–Trinajstić information content (AvgIpc) is 2.43. The lowest BCUT2D eigenvalue weighted by molar-refractivity contribution is 0.353. The molecule has 114 valence electrons. The van der Waals surface area contributed by atoms with E-state index in [1.165, 1.54) is 5.56 Å². The number of nitrogens with one attached hydrogen (secondary N) is 1. The first-order chi connectivity index (χ1) is 9.47. The van der Waals surface area contributed by atoms with E-state index in [4.69, 9.17) is 9.47 Å². The molecule has 0 heterocycles. The third-order valence-corrected chi connectivity index (χ3v) is 3.94. The van der Waals surface area contributed by atoms with Crippen molar-refractivity contribution >= 4 is 15.9 Å². The van der Waals surface area contributed by atoms with Crippen LogP contribution in [-0.4, -0.2) is 45.8 Å². The van der Waals surface area contributed by atoms with E-state index >= 15 is 0 Å². The Balaban J connectivity index is 2.63. The Bertz CT molecular complexity index is 425. The highest BCUT2D eigenvalue weighted by molar-refractivity contribution is 9.10. The first kappa shape index (κ1) is 17.3. The summed E-state index contributed by atoms with van der Waals surface area (Å²) >= 11 is 3.58. The molecule has 0 bridgehead atoms. The molecule has 5 heteroatoms. The predicted octanol–water partition coefficient (Wildman–Crippen LogP) is 2.90. The van der Waals surface area contributed by atoms with Gasteiger partial charge in [0.05, 0.1) is 14.2 Å². The van der Waals surface area contributed by atoms with Gasteiger partial charge in [0, 0.05) is 17.1 Å². The van der Waals surface area contributed by atoms with Crippen LogP contribution in [0.4, 0.5) is 0 Å². The van der Waals surface area contributed by atoms with Gasteiger partial charge in [0.1, 0.15) is 0 Å². The first-order valence-corrected chi connectivity index (χ1v) is 7.55. The van der Waals surface area contributed by atoms with Crippen molar-refractivity contribution in [1.29, 1.82) is 0 Å². The van der Waals surface area contributed by atoms with E-state index < -0.39 is 0 Å². The molecule has 0 aromatic heterocycles. The van der Waals surface area contributed by atoms with Gasteiger partial charge in [-0.3, -0.25) is 0 Å². The van der Waals surface area contributed by atoms with Crippen molar-refractivity contribution in [2.24, 2.45) is 0 Å². The van der Waals surface area contributed by atoms with Crippen LogP contribution in [0, 0.1) is 0 Å². The second kappa shape index (κ2) is 8.49. The molecule has 0 fully saturated rings. The van der Waals surface area contributed by atoms with Crippen molar-refractivity contribution in [3.05, 3.63) is 22.2 Å². The van der Waals surface area contributed by atoms with Crippen molar-refractivity contribution in [2.75, 3.05) is 34.9 Å². The average molecular weight is 345 g/mol.